The molecule has 1 saturated heterocycles. The van der Waals surface area contributed by atoms with E-state index in [-0.39, 0.29) is 24.0 Å². The van der Waals surface area contributed by atoms with E-state index in [0.717, 1.165) is 0 Å². The van der Waals surface area contributed by atoms with Gasteiger partial charge in [-0.1, -0.05) is 27.7 Å². The van der Waals surface area contributed by atoms with Crippen LogP contribution in [-0.2, 0) is 29.4 Å². The molecule has 0 bridgehead atoms. The van der Waals surface area contributed by atoms with E-state index < -0.39 is 47.8 Å². The fourth-order valence-electron chi connectivity index (χ4n) is 3.49. The van der Waals surface area contributed by atoms with Crippen LogP contribution in [0.2, 0.25) is 0 Å². The van der Waals surface area contributed by atoms with Crippen LogP contribution >= 0.6 is 0 Å². The largest absolute Gasteiger partial charge is 0.463 e. The maximum absolute atomic E-state index is 12.6. The number of hydrogen-bond donors (Lipinski definition) is 3. The van der Waals surface area contributed by atoms with Gasteiger partial charge < -0.3 is 30.8 Å². The maximum atomic E-state index is 12.6. The highest BCUT2D eigenvalue weighted by atomic mass is 16.6. The zero-order valence-electron chi connectivity index (χ0n) is 18.8. The number of esters is 2. The van der Waals surface area contributed by atoms with E-state index in [9.17, 15) is 20.0 Å². The molecule has 0 aliphatic carbocycles. The SMILES string of the molecule is CC(C)C(=O)OC[C@H]1O[C@@](C#N)(c2ccc3c(N)ncnn23)[C@H](O)[C@@H]1OC(=O)C(N)C(C)C. The quantitative estimate of drug-likeness (QED) is 0.467. The minimum absolute atomic E-state index is 0.147. The first kappa shape index (κ1) is 24.4. The highest BCUT2D eigenvalue weighted by Gasteiger charge is 2.60. The number of carbonyl (C=O) groups is 2. The standard InChI is InChI=1S/C21H28N6O6/c1-10(2)15(23)20(30)32-16-13(7-31-19(29)11(3)4)33-21(8-22,17(16)28)14-6-5-12-18(24)25-9-26-27(12)14/h5-6,9-11,13,15-17,28H,7,23H2,1-4H3,(H2,24,25,26)/t13-,15?,16-,17-,21+/m1/s1. The van der Waals surface area contributed by atoms with Gasteiger partial charge in [0.1, 0.15) is 42.8 Å². The number of aliphatic hydroxyl groups excluding tert-OH is 1. The van der Waals surface area contributed by atoms with Crippen molar-refractivity contribution in [3.8, 4) is 6.07 Å². The van der Waals surface area contributed by atoms with Gasteiger partial charge in [0.05, 0.1) is 11.6 Å². The number of ether oxygens (including phenoxy) is 3. The summed E-state index contributed by atoms with van der Waals surface area (Å²) in [5, 5.41) is 25.4. The van der Waals surface area contributed by atoms with Crippen molar-refractivity contribution in [1.82, 2.24) is 14.6 Å². The average molecular weight is 460 g/mol. The zero-order chi connectivity index (χ0) is 24.5. The van der Waals surface area contributed by atoms with Crippen LogP contribution in [0, 0.1) is 23.2 Å². The predicted octanol–water partition coefficient (Wildman–Crippen LogP) is -0.116. The Kier molecular flexibility index (Phi) is 6.87. The monoisotopic (exact) mass is 460 g/mol. The number of rotatable bonds is 7. The van der Waals surface area contributed by atoms with Gasteiger partial charge in [0, 0.05) is 0 Å². The van der Waals surface area contributed by atoms with Crippen molar-refractivity contribution in [2.24, 2.45) is 17.6 Å². The van der Waals surface area contributed by atoms with E-state index in [1.165, 1.54) is 16.9 Å². The fraction of sp³-hybridized carbons (Fsp3) is 0.571. The molecule has 178 valence electrons. The van der Waals surface area contributed by atoms with Crippen molar-refractivity contribution < 1.29 is 28.9 Å². The van der Waals surface area contributed by atoms with E-state index in [1.807, 2.05) is 6.07 Å². The van der Waals surface area contributed by atoms with Gasteiger partial charge in [-0.15, -0.1) is 0 Å². The Hall–Kier alpha value is -3.27. The van der Waals surface area contributed by atoms with E-state index in [0.29, 0.717) is 5.52 Å². The van der Waals surface area contributed by atoms with Gasteiger partial charge in [-0.05, 0) is 18.1 Å². The number of aliphatic hydroxyl groups is 1. The number of fused-ring (bicyclic) bond motifs is 1. The van der Waals surface area contributed by atoms with Crippen molar-refractivity contribution in [2.75, 3.05) is 12.3 Å². The van der Waals surface area contributed by atoms with Gasteiger partial charge in [-0.2, -0.15) is 10.4 Å². The molecular formula is C21H28N6O6. The van der Waals surface area contributed by atoms with Crippen molar-refractivity contribution in [3.05, 3.63) is 24.2 Å². The molecule has 0 aromatic carbocycles. The fourth-order valence-corrected chi connectivity index (χ4v) is 3.49. The summed E-state index contributed by atoms with van der Waals surface area (Å²) < 4.78 is 18.0. The van der Waals surface area contributed by atoms with Crippen LogP contribution in [0.3, 0.4) is 0 Å². The Morgan fingerprint density at radius 1 is 1.33 bits per heavy atom. The zero-order valence-corrected chi connectivity index (χ0v) is 18.8. The second kappa shape index (κ2) is 9.30. The second-order valence-electron chi connectivity index (χ2n) is 8.57. The molecule has 12 nitrogen and oxygen atoms in total. The Bertz CT molecular complexity index is 1080. The van der Waals surface area contributed by atoms with Gasteiger partial charge >= 0.3 is 11.9 Å². The molecule has 0 radical (unpaired) electrons. The molecule has 2 aromatic heterocycles. The molecule has 0 spiro atoms. The average Bonchev–Trinajstić information content (AvgIpc) is 3.32. The molecule has 1 aliphatic heterocycles. The first-order chi connectivity index (χ1) is 15.5. The first-order valence-corrected chi connectivity index (χ1v) is 10.5. The molecular weight excluding hydrogens is 432 g/mol. The summed E-state index contributed by atoms with van der Waals surface area (Å²) >= 11 is 0. The Balaban J connectivity index is 2.01. The number of nitrogens with zero attached hydrogens (tertiary/aromatic N) is 4. The number of anilines is 1. The molecule has 1 aliphatic rings. The molecule has 3 heterocycles. The van der Waals surface area contributed by atoms with Crippen LogP contribution in [0.15, 0.2) is 18.5 Å². The number of nitriles is 1. The number of aromatic nitrogens is 3. The summed E-state index contributed by atoms with van der Waals surface area (Å²) in [4.78, 5) is 28.5. The van der Waals surface area contributed by atoms with Crippen LogP contribution in [0.25, 0.3) is 5.52 Å². The second-order valence-corrected chi connectivity index (χ2v) is 8.57. The molecule has 0 amide bonds. The van der Waals surface area contributed by atoms with Gasteiger partial charge in [-0.25, -0.2) is 9.50 Å². The molecule has 2 aromatic rings. The highest BCUT2D eigenvalue weighted by molar-refractivity contribution is 5.76. The van der Waals surface area contributed by atoms with E-state index >= 15 is 0 Å². The molecule has 0 saturated carbocycles. The lowest BCUT2D eigenvalue weighted by Gasteiger charge is -2.25. The molecule has 5 N–H and O–H groups in total. The molecule has 1 fully saturated rings. The highest BCUT2D eigenvalue weighted by Crippen LogP contribution is 2.42. The summed E-state index contributed by atoms with van der Waals surface area (Å²) in [6, 6.07) is 4.10. The molecule has 12 heteroatoms. The molecule has 5 atom stereocenters. The van der Waals surface area contributed by atoms with Gasteiger partial charge in [0.2, 0.25) is 5.60 Å². The number of hydrogen-bond acceptors (Lipinski definition) is 11. The number of nitrogen functional groups attached to an aromatic ring is 1. The summed E-state index contributed by atoms with van der Waals surface area (Å²) in [7, 11) is 0. The van der Waals surface area contributed by atoms with Crippen LogP contribution in [0.5, 0.6) is 0 Å². The smallest absolute Gasteiger partial charge is 0.323 e. The van der Waals surface area contributed by atoms with E-state index in [2.05, 4.69) is 10.1 Å². The van der Waals surface area contributed by atoms with Gasteiger partial charge in [0.25, 0.3) is 0 Å². The lowest BCUT2D eigenvalue weighted by atomic mass is 9.92. The maximum Gasteiger partial charge on any atom is 0.323 e. The summed E-state index contributed by atoms with van der Waals surface area (Å²) in [6.45, 7) is 6.44. The van der Waals surface area contributed by atoms with Crippen molar-refractivity contribution in [1.29, 1.82) is 5.26 Å². The predicted molar refractivity (Wildman–Crippen MR) is 114 cm³/mol. The van der Waals surface area contributed by atoms with Crippen LogP contribution in [0.4, 0.5) is 5.82 Å². The first-order valence-electron chi connectivity index (χ1n) is 10.5. The number of carbonyl (C=O) groups excluding carboxylic acids is 2. The lowest BCUT2D eigenvalue weighted by molar-refractivity contribution is -0.163. The normalized spacial score (nSPS) is 25.8. The van der Waals surface area contributed by atoms with E-state index in [1.54, 1.807) is 33.8 Å². The third kappa shape index (κ3) is 4.35. The molecule has 1 unspecified atom stereocenters. The summed E-state index contributed by atoms with van der Waals surface area (Å²) in [5.74, 6) is -1.78. The third-order valence-corrected chi connectivity index (χ3v) is 5.56. The Morgan fingerprint density at radius 3 is 2.64 bits per heavy atom. The summed E-state index contributed by atoms with van der Waals surface area (Å²) in [6.07, 6.45) is -2.94. The summed E-state index contributed by atoms with van der Waals surface area (Å²) in [5.41, 5.74) is 10.3. The van der Waals surface area contributed by atoms with Gasteiger partial charge in [0.15, 0.2) is 11.9 Å². The van der Waals surface area contributed by atoms with Crippen LogP contribution in [0.1, 0.15) is 33.4 Å². The Morgan fingerprint density at radius 2 is 2.03 bits per heavy atom. The lowest BCUT2D eigenvalue weighted by Crippen LogP contribution is -2.46. The van der Waals surface area contributed by atoms with Crippen molar-refractivity contribution in [3.63, 3.8) is 0 Å². The minimum Gasteiger partial charge on any atom is -0.463 e. The minimum atomic E-state index is -2.00. The third-order valence-electron chi connectivity index (χ3n) is 5.56. The van der Waals surface area contributed by atoms with Crippen molar-refractivity contribution in [2.45, 2.75) is 57.6 Å². The van der Waals surface area contributed by atoms with E-state index in [4.69, 9.17) is 25.7 Å². The molecule has 33 heavy (non-hydrogen) atoms. The number of nitrogens with two attached hydrogens (primary N) is 2. The Labute approximate surface area is 190 Å². The van der Waals surface area contributed by atoms with Crippen LogP contribution < -0.4 is 11.5 Å². The topological polar surface area (TPSA) is 188 Å². The van der Waals surface area contributed by atoms with Crippen LogP contribution in [-0.4, -0.2) is 62.6 Å². The van der Waals surface area contributed by atoms with Crippen molar-refractivity contribution >= 4 is 23.3 Å². The molecule has 3 rings (SSSR count). The van der Waals surface area contributed by atoms with Gasteiger partial charge in [-0.3, -0.25) is 9.59 Å².